The zero-order valence-corrected chi connectivity index (χ0v) is 16.0. The molecule has 0 aliphatic carbocycles. The van der Waals surface area contributed by atoms with Crippen LogP contribution < -0.4 is 11.1 Å². The molecular formula is C17H22N4O3S2. The van der Waals surface area contributed by atoms with Crippen molar-refractivity contribution in [2.45, 2.75) is 37.2 Å². The van der Waals surface area contributed by atoms with E-state index in [1.165, 1.54) is 11.3 Å². The van der Waals surface area contributed by atoms with Gasteiger partial charge in [-0.05, 0) is 30.5 Å². The average molecular weight is 395 g/mol. The maximum absolute atomic E-state index is 12.6. The van der Waals surface area contributed by atoms with Gasteiger partial charge in [-0.3, -0.25) is 4.79 Å². The minimum atomic E-state index is -3.43. The van der Waals surface area contributed by atoms with Crippen molar-refractivity contribution in [3.05, 3.63) is 45.9 Å². The summed E-state index contributed by atoms with van der Waals surface area (Å²) in [5.74, 6) is -0.272. The van der Waals surface area contributed by atoms with Crippen LogP contribution in [0.4, 0.5) is 0 Å². The minimum Gasteiger partial charge on any atom is -0.347 e. The minimum absolute atomic E-state index is 0.272. The monoisotopic (exact) mass is 394 g/mol. The fourth-order valence-corrected chi connectivity index (χ4v) is 4.99. The lowest BCUT2D eigenvalue weighted by Crippen LogP contribution is -2.35. The summed E-state index contributed by atoms with van der Waals surface area (Å²) >= 11 is 1.35. The van der Waals surface area contributed by atoms with Crippen LogP contribution in [0.25, 0.3) is 0 Å². The van der Waals surface area contributed by atoms with Gasteiger partial charge in [0.25, 0.3) is 5.91 Å². The molecule has 3 rings (SSSR count). The van der Waals surface area contributed by atoms with E-state index in [1.807, 2.05) is 0 Å². The third-order valence-electron chi connectivity index (χ3n) is 4.29. The lowest BCUT2D eigenvalue weighted by atomic mass is 10.2. The first-order chi connectivity index (χ1) is 12.5. The Morgan fingerprint density at radius 1 is 1.19 bits per heavy atom. The second-order valence-electron chi connectivity index (χ2n) is 6.12. The van der Waals surface area contributed by atoms with Gasteiger partial charge in [0.2, 0.25) is 10.0 Å². The van der Waals surface area contributed by atoms with Crippen LogP contribution in [0.2, 0.25) is 0 Å². The molecule has 1 aliphatic heterocycles. The smallest absolute Gasteiger partial charge is 0.271 e. The summed E-state index contributed by atoms with van der Waals surface area (Å²) in [6.07, 6.45) is 2.90. The topological polar surface area (TPSA) is 105 Å². The van der Waals surface area contributed by atoms with Crippen molar-refractivity contribution in [3.8, 4) is 0 Å². The molecule has 0 saturated carbocycles. The number of carbonyl (C=O) groups excluding carboxylic acids is 1. The highest BCUT2D eigenvalue weighted by Crippen LogP contribution is 2.20. The summed E-state index contributed by atoms with van der Waals surface area (Å²) in [4.78, 5) is 16.5. The van der Waals surface area contributed by atoms with E-state index in [9.17, 15) is 13.2 Å². The lowest BCUT2D eigenvalue weighted by Gasteiger charge is -2.25. The summed E-state index contributed by atoms with van der Waals surface area (Å²) < 4.78 is 26.8. The number of nitrogens with one attached hydrogen (secondary N) is 1. The molecule has 2 aromatic rings. The van der Waals surface area contributed by atoms with Crippen molar-refractivity contribution < 1.29 is 13.2 Å². The molecule has 26 heavy (non-hydrogen) atoms. The van der Waals surface area contributed by atoms with Crippen LogP contribution in [-0.4, -0.2) is 36.7 Å². The Morgan fingerprint density at radius 2 is 1.88 bits per heavy atom. The third-order valence-corrected chi connectivity index (χ3v) is 7.07. The molecule has 0 unspecified atom stereocenters. The number of piperidine rings is 1. The summed E-state index contributed by atoms with van der Waals surface area (Å²) in [5, 5.41) is 5.16. The molecule has 0 atom stereocenters. The SMILES string of the molecule is NCc1nc(C(=O)NCc2ccc(S(=O)(=O)N3CCCCC3)cc2)cs1. The number of sulfonamides is 1. The number of amides is 1. The van der Waals surface area contributed by atoms with E-state index in [0.29, 0.717) is 41.8 Å². The van der Waals surface area contributed by atoms with Crippen LogP contribution in [-0.2, 0) is 23.1 Å². The lowest BCUT2D eigenvalue weighted by molar-refractivity contribution is 0.0946. The number of nitrogens with two attached hydrogens (primary N) is 1. The van der Waals surface area contributed by atoms with Crippen molar-refractivity contribution in [1.82, 2.24) is 14.6 Å². The maximum Gasteiger partial charge on any atom is 0.271 e. The molecule has 0 spiro atoms. The first-order valence-electron chi connectivity index (χ1n) is 8.52. The normalized spacial score (nSPS) is 15.7. The molecule has 1 saturated heterocycles. The molecular weight excluding hydrogens is 372 g/mol. The highest BCUT2D eigenvalue weighted by atomic mass is 32.2. The van der Waals surface area contributed by atoms with Crippen molar-refractivity contribution in [2.75, 3.05) is 13.1 Å². The number of carbonyl (C=O) groups is 1. The predicted molar refractivity (Wildman–Crippen MR) is 100 cm³/mol. The Balaban J connectivity index is 1.61. The summed E-state index contributed by atoms with van der Waals surface area (Å²) in [7, 11) is -3.43. The van der Waals surface area contributed by atoms with Crippen LogP contribution in [0, 0.1) is 0 Å². The first-order valence-corrected chi connectivity index (χ1v) is 10.8. The number of nitrogens with zero attached hydrogens (tertiary/aromatic N) is 2. The first kappa shape index (κ1) is 19.0. The molecule has 1 aromatic carbocycles. The van der Waals surface area contributed by atoms with Gasteiger partial charge in [0, 0.05) is 31.6 Å². The summed E-state index contributed by atoms with van der Waals surface area (Å²) in [6, 6.07) is 6.65. The van der Waals surface area contributed by atoms with Crippen LogP contribution >= 0.6 is 11.3 Å². The molecule has 3 N–H and O–H groups in total. The van der Waals surface area contributed by atoms with Gasteiger partial charge < -0.3 is 11.1 Å². The van der Waals surface area contributed by atoms with E-state index in [1.54, 1.807) is 34.0 Å². The number of hydrogen-bond acceptors (Lipinski definition) is 6. The number of thiazole rings is 1. The van der Waals surface area contributed by atoms with Gasteiger partial charge >= 0.3 is 0 Å². The second kappa shape index (κ2) is 8.26. The molecule has 9 heteroatoms. The second-order valence-corrected chi connectivity index (χ2v) is 9.00. The van der Waals surface area contributed by atoms with E-state index in [2.05, 4.69) is 10.3 Å². The molecule has 1 amide bonds. The maximum atomic E-state index is 12.6. The van der Waals surface area contributed by atoms with Crippen molar-refractivity contribution in [1.29, 1.82) is 0 Å². The van der Waals surface area contributed by atoms with Gasteiger partial charge in [0.1, 0.15) is 10.7 Å². The predicted octanol–water partition coefficient (Wildman–Crippen LogP) is 1.71. The molecule has 0 bridgehead atoms. The molecule has 0 radical (unpaired) electrons. The molecule has 7 nitrogen and oxygen atoms in total. The van der Waals surface area contributed by atoms with Gasteiger partial charge in [-0.2, -0.15) is 4.31 Å². The molecule has 1 aromatic heterocycles. The number of hydrogen-bond donors (Lipinski definition) is 2. The van der Waals surface area contributed by atoms with E-state index in [4.69, 9.17) is 5.73 Å². The van der Waals surface area contributed by atoms with Crippen LogP contribution in [0.1, 0.15) is 40.3 Å². The zero-order valence-electron chi connectivity index (χ0n) is 14.3. The van der Waals surface area contributed by atoms with Gasteiger partial charge in [0.05, 0.1) is 4.90 Å². The number of rotatable bonds is 6. The van der Waals surface area contributed by atoms with Crippen LogP contribution in [0.5, 0.6) is 0 Å². The highest BCUT2D eigenvalue weighted by molar-refractivity contribution is 7.89. The van der Waals surface area contributed by atoms with E-state index >= 15 is 0 Å². The fourth-order valence-electron chi connectivity index (χ4n) is 2.82. The summed E-state index contributed by atoms with van der Waals surface area (Å²) in [5.41, 5.74) is 6.67. The fraction of sp³-hybridized carbons (Fsp3) is 0.412. The Morgan fingerprint density at radius 3 is 2.50 bits per heavy atom. The Kier molecular flexibility index (Phi) is 6.02. The van der Waals surface area contributed by atoms with Gasteiger partial charge in [0.15, 0.2) is 0 Å². The van der Waals surface area contributed by atoms with Crippen LogP contribution in [0.15, 0.2) is 34.5 Å². The van der Waals surface area contributed by atoms with Crippen molar-refractivity contribution >= 4 is 27.3 Å². The van der Waals surface area contributed by atoms with Gasteiger partial charge in [-0.1, -0.05) is 18.6 Å². The quantitative estimate of drug-likeness (QED) is 0.776. The van der Waals surface area contributed by atoms with Crippen LogP contribution in [0.3, 0.4) is 0 Å². The molecule has 2 heterocycles. The molecule has 140 valence electrons. The largest absolute Gasteiger partial charge is 0.347 e. The van der Waals surface area contributed by atoms with Crippen molar-refractivity contribution in [3.63, 3.8) is 0 Å². The Hall–Kier alpha value is -1.81. The average Bonchev–Trinajstić information content (AvgIpc) is 3.16. The zero-order chi connectivity index (χ0) is 18.6. The highest BCUT2D eigenvalue weighted by Gasteiger charge is 2.25. The standard InChI is InChI=1S/C17H22N4O3S2/c18-10-16-20-15(12-25-16)17(22)19-11-13-4-6-14(7-5-13)26(23,24)21-8-2-1-3-9-21/h4-7,12H,1-3,8-11,18H2,(H,19,22). The Bertz CT molecular complexity index is 856. The molecule has 1 aliphatic rings. The number of aromatic nitrogens is 1. The molecule has 1 fully saturated rings. The third kappa shape index (κ3) is 4.29. The van der Waals surface area contributed by atoms with Crippen molar-refractivity contribution in [2.24, 2.45) is 5.73 Å². The van der Waals surface area contributed by atoms with E-state index in [0.717, 1.165) is 24.8 Å². The van der Waals surface area contributed by atoms with Gasteiger partial charge in [-0.15, -0.1) is 11.3 Å². The van der Waals surface area contributed by atoms with E-state index in [-0.39, 0.29) is 5.91 Å². The number of benzene rings is 1. The van der Waals surface area contributed by atoms with Gasteiger partial charge in [-0.25, -0.2) is 13.4 Å². The van der Waals surface area contributed by atoms with E-state index < -0.39 is 10.0 Å². The Labute approximate surface area is 157 Å². The summed E-state index contributed by atoms with van der Waals surface area (Å²) in [6.45, 7) is 1.78.